The lowest BCUT2D eigenvalue weighted by molar-refractivity contribution is -0.910. The number of amides is 1. The second kappa shape index (κ2) is 7.51. The Morgan fingerprint density at radius 1 is 1.23 bits per heavy atom. The third-order valence-electron chi connectivity index (χ3n) is 4.91. The van der Waals surface area contributed by atoms with Crippen molar-refractivity contribution in [2.24, 2.45) is 0 Å². The number of rotatable bonds is 5. The standard InChI is InChI=1S/C20H20FN3OS/c21-15-7-2-1-6-14(15)12-22-19(25)13-24-11-5-9-17(24)20-23-16-8-3-4-10-18(16)26-20/h1-4,6-8,10,17H,5,9,11-13H2,(H,22,25)/p+1/t17-/m0/s1. The fourth-order valence-electron chi connectivity index (χ4n) is 3.56. The number of carbonyl (C=O) groups excluding carboxylic acids is 1. The first-order valence-corrected chi connectivity index (χ1v) is 9.72. The number of nitrogens with one attached hydrogen (secondary N) is 2. The van der Waals surface area contributed by atoms with E-state index < -0.39 is 0 Å². The molecule has 0 spiro atoms. The van der Waals surface area contributed by atoms with Gasteiger partial charge in [-0.2, -0.15) is 0 Å². The van der Waals surface area contributed by atoms with Gasteiger partial charge < -0.3 is 10.2 Å². The fourth-order valence-corrected chi connectivity index (χ4v) is 4.73. The average Bonchev–Trinajstić information content (AvgIpc) is 3.27. The number of hydrogen-bond acceptors (Lipinski definition) is 3. The molecule has 1 aromatic heterocycles. The zero-order valence-corrected chi connectivity index (χ0v) is 15.2. The Hall–Kier alpha value is -2.31. The predicted octanol–water partition coefficient (Wildman–Crippen LogP) is 2.47. The predicted molar refractivity (Wildman–Crippen MR) is 101 cm³/mol. The molecule has 1 amide bonds. The Bertz CT molecular complexity index is 893. The SMILES string of the molecule is O=C(C[NH+]1CCC[C@H]1c1nc2ccccc2s1)NCc1ccccc1F. The summed E-state index contributed by atoms with van der Waals surface area (Å²) in [6.45, 7) is 1.59. The molecule has 2 N–H and O–H groups in total. The van der Waals surface area contributed by atoms with Gasteiger partial charge in [0, 0.05) is 24.9 Å². The largest absolute Gasteiger partial charge is 0.347 e. The first kappa shape index (κ1) is 17.1. The first-order valence-electron chi connectivity index (χ1n) is 8.91. The van der Waals surface area contributed by atoms with Gasteiger partial charge >= 0.3 is 0 Å². The Balaban J connectivity index is 1.40. The minimum absolute atomic E-state index is 0.0451. The van der Waals surface area contributed by atoms with Crippen LogP contribution in [0, 0.1) is 5.82 Å². The summed E-state index contributed by atoms with van der Waals surface area (Å²) in [5, 5.41) is 3.96. The fraction of sp³-hybridized carbons (Fsp3) is 0.300. The molecule has 2 heterocycles. The second-order valence-electron chi connectivity index (χ2n) is 6.67. The van der Waals surface area contributed by atoms with Crippen molar-refractivity contribution in [3.8, 4) is 0 Å². The van der Waals surface area contributed by atoms with Gasteiger partial charge in [0.05, 0.1) is 16.8 Å². The minimum Gasteiger partial charge on any atom is -0.347 e. The Labute approximate surface area is 155 Å². The molecule has 0 saturated carbocycles. The van der Waals surface area contributed by atoms with Gasteiger partial charge in [-0.3, -0.25) is 4.79 Å². The van der Waals surface area contributed by atoms with Gasteiger partial charge in [-0.05, 0) is 18.2 Å². The van der Waals surface area contributed by atoms with Crippen molar-refractivity contribution in [2.45, 2.75) is 25.4 Å². The molecule has 2 aromatic carbocycles. The number of carbonyl (C=O) groups is 1. The summed E-state index contributed by atoms with van der Waals surface area (Å²) in [6.07, 6.45) is 2.15. The molecule has 2 atom stereocenters. The number of nitrogens with zero attached hydrogens (tertiary/aromatic N) is 1. The van der Waals surface area contributed by atoms with E-state index in [-0.39, 0.29) is 24.3 Å². The van der Waals surface area contributed by atoms with Gasteiger partial charge in [-0.1, -0.05) is 30.3 Å². The Morgan fingerprint density at radius 3 is 2.88 bits per heavy atom. The van der Waals surface area contributed by atoms with Crippen molar-refractivity contribution in [1.82, 2.24) is 10.3 Å². The zero-order chi connectivity index (χ0) is 17.9. The van der Waals surface area contributed by atoms with Crippen LogP contribution in [-0.2, 0) is 11.3 Å². The van der Waals surface area contributed by atoms with E-state index >= 15 is 0 Å². The monoisotopic (exact) mass is 370 g/mol. The lowest BCUT2D eigenvalue weighted by Gasteiger charge is -2.19. The number of hydrogen-bond donors (Lipinski definition) is 2. The molecule has 0 bridgehead atoms. The van der Waals surface area contributed by atoms with E-state index in [0.717, 1.165) is 29.9 Å². The van der Waals surface area contributed by atoms with Crippen molar-refractivity contribution < 1.29 is 14.1 Å². The van der Waals surface area contributed by atoms with Crippen LogP contribution in [0.25, 0.3) is 10.2 Å². The zero-order valence-electron chi connectivity index (χ0n) is 14.4. The van der Waals surface area contributed by atoms with Crippen LogP contribution >= 0.6 is 11.3 Å². The molecule has 134 valence electrons. The Morgan fingerprint density at radius 2 is 2.04 bits per heavy atom. The van der Waals surface area contributed by atoms with Crippen molar-refractivity contribution >= 4 is 27.5 Å². The topological polar surface area (TPSA) is 46.4 Å². The van der Waals surface area contributed by atoms with Crippen molar-refractivity contribution in [1.29, 1.82) is 0 Å². The number of benzene rings is 2. The highest BCUT2D eigenvalue weighted by molar-refractivity contribution is 7.18. The number of quaternary nitrogens is 1. The number of aromatic nitrogens is 1. The van der Waals surface area contributed by atoms with E-state index in [9.17, 15) is 9.18 Å². The van der Waals surface area contributed by atoms with Crippen LogP contribution in [0.2, 0.25) is 0 Å². The first-order chi connectivity index (χ1) is 12.7. The smallest absolute Gasteiger partial charge is 0.275 e. The number of fused-ring (bicyclic) bond motifs is 1. The lowest BCUT2D eigenvalue weighted by Crippen LogP contribution is -3.11. The van der Waals surface area contributed by atoms with Gasteiger partial charge in [-0.15, -0.1) is 11.3 Å². The highest BCUT2D eigenvalue weighted by Gasteiger charge is 2.33. The van der Waals surface area contributed by atoms with E-state index in [1.807, 2.05) is 18.2 Å². The summed E-state index contributed by atoms with van der Waals surface area (Å²) in [5.74, 6) is -0.329. The number of likely N-dealkylation sites (tertiary alicyclic amines) is 1. The molecule has 1 saturated heterocycles. The summed E-state index contributed by atoms with van der Waals surface area (Å²) in [5.41, 5.74) is 1.54. The molecular formula is C20H21FN3OS+. The normalized spacial score (nSPS) is 19.7. The molecule has 0 radical (unpaired) electrons. The van der Waals surface area contributed by atoms with Gasteiger partial charge in [0.2, 0.25) is 0 Å². The van der Waals surface area contributed by atoms with Crippen LogP contribution < -0.4 is 10.2 Å². The van der Waals surface area contributed by atoms with E-state index in [4.69, 9.17) is 4.98 Å². The van der Waals surface area contributed by atoms with Crippen LogP contribution in [-0.4, -0.2) is 24.0 Å². The maximum Gasteiger partial charge on any atom is 0.275 e. The maximum absolute atomic E-state index is 13.7. The quantitative estimate of drug-likeness (QED) is 0.725. The van der Waals surface area contributed by atoms with Gasteiger partial charge in [0.1, 0.15) is 11.9 Å². The number of halogens is 1. The molecule has 26 heavy (non-hydrogen) atoms. The van der Waals surface area contributed by atoms with Crippen molar-refractivity contribution in [3.63, 3.8) is 0 Å². The second-order valence-corrected chi connectivity index (χ2v) is 7.73. The highest BCUT2D eigenvalue weighted by atomic mass is 32.1. The number of thiazole rings is 1. The third kappa shape index (κ3) is 3.61. The molecule has 6 heteroatoms. The van der Waals surface area contributed by atoms with Crippen LogP contribution in [0.4, 0.5) is 4.39 Å². The molecule has 1 aliphatic rings. The van der Waals surface area contributed by atoms with E-state index in [1.165, 1.54) is 15.7 Å². The molecule has 4 rings (SSSR count). The van der Waals surface area contributed by atoms with Gasteiger partial charge in [0.15, 0.2) is 11.6 Å². The minimum atomic E-state index is -0.284. The summed E-state index contributed by atoms with van der Waals surface area (Å²) in [7, 11) is 0. The van der Waals surface area contributed by atoms with Crippen molar-refractivity contribution in [3.05, 3.63) is 64.9 Å². The number of para-hydroxylation sites is 1. The van der Waals surface area contributed by atoms with Crippen LogP contribution in [0.5, 0.6) is 0 Å². The van der Waals surface area contributed by atoms with Crippen LogP contribution in [0.3, 0.4) is 0 Å². The van der Waals surface area contributed by atoms with E-state index in [0.29, 0.717) is 12.1 Å². The highest BCUT2D eigenvalue weighted by Crippen LogP contribution is 2.28. The summed E-state index contributed by atoms with van der Waals surface area (Å²) >= 11 is 1.72. The molecule has 1 fully saturated rings. The third-order valence-corrected chi connectivity index (χ3v) is 6.06. The average molecular weight is 370 g/mol. The summed E-state index contributed by atoms with van der Waals surface area (Å²) in [6, 6.07) is 15.0. The van der Waals surface area contributed by atoms with E-state index in [1.54, 1.807) is 29.5 Å². The van der Waals surface area contributed by atoms with Crippen LogP contribution in [0.15, 0.2) is 48.5 Å². The molecular weight excluding hydrogens is 349 g/mol. The lowest BCUT2D eigenvalue weighted by atomic mass is 10.2. The van der Waals surface area contributed by atoms with E-state index in [2.05, 4.69) is 11.4 Å². The maximum atomic E-state index is 13.7. The van der Waals surface area contributed by atoms with Gasteiger partial charge in [-0.25, -0.2) is 9.37 Å². The molecule has 0 aliphatic carbocycles. The molecule has 1 aliphatic heterocycles. The Kier molecular flexibility index (Phi) is 4.95. The van der Waals surface area contributed by atoms with Crippen molar-refractivity contribution in [2.75, 3.05) is 13.1 Å². The van der Waals surface area contributed by atoms with Crippen LogP contribution in [0.1, 0.15) is 29.5 Å². The summed E-state index contributed by atoms with van der Waals surface area (Å²) in [4.78, 5) is 18.4. The molecule has 4 nitrogen and oxygen atoms in total. The molecule has 3 aromatic rings. The van der Waals surface area contributed by atoms with Gasteiger partial charge in [0.25, 0.3) is 5.91 Å². The summed E-state index contributed by atoms with van der Waals surface area (Å²) < 4.78 is 14.9. The molecule has 1 unspecified atom stereocenters.